The van der Waals surface area contributed by atoms with E-state index >= 15 is 0 Å². The second kappa shape index (κ2) is 16.0. The number of carbonyl (C=O) groups excluding carboxylic acids is 4. The third-order valence-corrected chi connectivity index (χ3v) is 10.5. The molecular formula is C38H55N3O8. The zero-order valence-corrected chi connectivity index (χ0v) is 29.9. The van der Waals surface area contributed by atoms with Crippen molar-refractivity contribution in [1.82, 2.24) is 15.1 Å². The molecule has 4 rings (SSSR count). The van der Waals surface area contributed by atoms with Crippen LogP contribution < -0.4 is 5.32 Å². The van der Waals surface area contributed by atoms with Crippen molar-refractivity contribution in [3.05, 3.63) is 61.2 Å². The van der Waals surface area contributed by atoms with Gasteiger partial charge in [0.1, 0.15) is 17.7 Å². The van der Waals surface area contributed by atoms with Gasteiger partial charge in [-0.2, -0.15) is 0 Å². The summed E-state index contributed by atoms with van der Waals surface area (Å²) in [6.45, 7) is 17.2. The van der Waals surface area contributed by atoms with Gasteiger partial charge in [-0.15, -0.1) is 13.2 Å². The minimum atomic E-state index is -1.28. The van der Waals surface area contributed by atoms with Crippen LogP contribution in [-0.2, 0) is 33.4 Å². The van der Waals surface area contributed by atoms with E-state index in [0.29, 0.717) is 31.2 Å². The number of amides is 3. The summed E-state index contributed by atoms with van der Waals surface area (Å²) in [5, 5.41) is 13.6. The maximum atomic E-state index is 14.7. The van der Waals surface area contributed by atoms with E-state index < -0.39 is 65.2 Å². The van der Waals surface area contributed by atoms with Gasteiger partial charge in [0.25, 0.3) is 0 Å². The maximum absolute atomic E-state index is 14.7. The highest BCUT2D eigenvalue weighted by molar-refractivity contribution is 5.98. The second-order valence-electron chi connectivity index (χ2n) is 14.6. The number of hydrogen-bond acceptors (Lipinski definition) is 8. The van der Waals surface area contributed by atoms with Gasteiger partial charge in [0.15, 0.2) is 0 Å². The molecule has 2 bridgehead atoms. The number of nitrogens with zero attached hydrogens (tertiary/aromatic N) is 2. The van der Waals surface area contributed by atoms with E-state index in [2.05, 4.69) is 18.5 Å². The Labute approximate surface area is 291 Å². The van der Waals surface area contributed by atoms with Crippen molar-refractivity contribution in [3.63, 3.8) is 0 Å². The summed E-state index contributed by atoms with van der Waals surface area (Å²) >= 11 is 0. The average molecular weight is 682 g/mol. The third-order valence-electron chi connectivity index (χ3n) is 10.5. The number of ether oxygens (including phenoxy) is 3. The molecule has 3 aliphatic rings. The molecule has 0 radical (unpaired) electrons. The summed E-state index contributed by atoms with van der Waals surface area (Å²) in [5.41, 5.74) is -1.24. The van der Waals surface area contributed by atoms with Crippen molar-refractivity contribution in [1.29, 1.82) is 0 Å². The van der Waals surface area contributed by atoms with Crippen LogP contribution in [0.2, 0.25) is 0 Å². The molecule has 3 aliphatic heterocycles. The number of esters is 1. The lowest BCUT2D eigenvalue weighted by Crippen LogP contribution is -2.62. The molecule has 0 aliphatic carbocycles. The number of carbonyl (C=O) groups is 4. The van der Waals surface area contributed by atoms with Crippen LogP contribution in [-0.4, -0.2) is 101 Å². The molecule has 0 saturated carbocycles. The van der Waals surface area contributed by atoms with Gasteiger partial charge in [-0.25, -0.2) is 0 Å². The Morgan fingerprint density at radius 3 is 2.47 bits per heavy atom. The van der Waals surface area contributed by atoms with Crippen LogP contribution in [0, 0.1) is 17.8 Å². The van der Waals surface area contributed by atoms with Crippen LogP contribution >= 0.6 is 0 Å². The van der Waals surface area contributed by atoms with Crippen molar-refractivity contribution in [2.45, 2.75) is 108 Å². The van der Waals surface area contributed by atoms with E-state index in [9.17, 15) is 24.3 Å². The SMILES string of the molecule is C=CCCC(=O)N[C@H](COC)[C@H](OC(=O)[C@@H]1[C@@H]2CC[C@]3(O2)[C@H](C(=O)N(CC=C)C(C)(C)C)N([C@@H](CO)[C@@H](C)CC)C(=O)[C@@H]13)c1ccccc1. The molecule has 11 nitrogen and oxygen atoms in total. The quantitative estimate of drug-likeness (QED) is 0.187. The van der Waals surface area contributed by atoms with Gasteiger partial charge >= 0.3 is 5.97 Å². The van der Waals surface area contributed by atoms with E-state index in [1.807, 2.05) is 65.0 Å². The Balaban J connectivity index is 1.76. The summed E-state index contributed by atoms with van der Waals surface area (Å²) in [6, 6.07) is 6.66. The van der Waals surface area contributed by atoms with Crippen molar-refractivity contribution >= 4 is 23.7 Å². The Hall–Kier alpha value is -3.54. The predicted octanol–water partition coefficient (Wildman–Crippen LogP) is 3.96. The van der Waals surface area contributed by atoms with Crippen LogP contribution in [0.15, 0.2) is 55.6 Å². The van der Waals surface area contributed by atoms with Gasteiger partial charge in [-0.05, 0) is 51.5 Å². The second-order valence-corrected chi connectivity index (χ2v) is 14.6. The zero-order valence-electron chi connectivity index (χ0n) is 29.9. The molecule has 3 saturated heterocycles. The van der Waals surface area contributed by atoms with E-state index in [0.717, 1.165) is 0 Å². The molecule has 3 amide bonds. The molecule has 1 aromatic rings. The van der Waals surface area contributed by atoms with Crippen molar-refractivity contribution < 1.29 is 38.5 Å². The molecule has 0 unspecified atom stereocenters. The van der Waals surface area contributed by atoms with E-state index in [4.69, 9.17) is 14.2 Å². The highest BCUT2D eigenvalue weighted by atomic mass is 16.6. The number of allylic oxidation sites excluding steroid dienone is 1. The normalized spacial score (nSPS) is 26.8. The molecule has 2 N–H and O–H groups in total. The lowest BCUT2D eigenvalue weighted by Gasteiger charge is -2.44. The number of benzene rings is 1. The first-order valence-corrected chi connectivity index (χ1v) is 17.5. The molecule has 3 heterocycles. The summed E-state index contributed by atoms with van der Waals surface area (Å²) in [7, 11) is 1.51. The van der Waals surface area contributed by atoms with Crippen molar-refractivity contribution in [2.75, 3.05) is 26.9 Å². The minimum Gasteiger partial charge on any atom is -0.455 e. The molecule has 1 spiro atoms. The molecule has 3 fully saturated rings. The molecule has 270 valence electrons. The number of aliphatic hydroxyl groups excluding tert-OH is 1. The van der Waals surface area contributed by atoms with Gasteiger partial charge < -0.3 is 34.4 Å². The maximum Gasteiger partial charge on any atom is 0.313 e. The number of aliphatic hydroxyl groups is 1. The summed E-state index contributed by atoms with van der Waals surface area (Å²) < 4.78 is 18.5. The fraction of sp³-hybridized carbons (Fsp3) is 0.632. The van der Waals surface area contributed by atoms with Gasteiger partial charge in [-0.1, -0.05) is 62.8 Å². The largest absolute Gasteiger partial charge is 0.455 e. The first-order valence-electron chi connectivity index (χ1n) is 17.5. The number of hydrogen-bond donors (Lipinski definition) is 2. The average Bonchev–Trinajstić information content (AvgIpc) is 3.72. The smallest absolute Gasteiger partial charge is 0.313 e. The highest BCUT2D eigenvalue weighted by Crippen LogP contribution is 2.60. The molecular weight excluding hydrogens is 626 g/mol. The molecule has 49 heavy (non-hydrogen) atoms. The third kappa shape index (κ3) is 7.49. The van der Waals surface area contributed by atoms with Gasteiger partial charge in [0.2, 0.25) is 17.7 Å². The van der Waals surface area contributed by atoms with E-state index in [1.54, 1.807) is 17.1 Å². The lowest BCUT2D eigenvalue weighted by molar-refractivity contribution is -0.164. The summed E-state index contributed by atoms with van der Waals surface area (Å²) in [4.78, 5) is 60.0. The number of nitrogens with one attached hydrogen (secondary N) is 1. The molecule has 1 aromatic carbocycles. The van der Waals surface area contributed by atoms with Crippen molar-refractivity contribution in [2.24, 2.45) is 17.8 Å². The Kier molecular flexibility index (Phi) is 12.5. The number of likely N-dealkylation sites (tertiary alicyclic amines) is 1. The predicted molar refractivity (Wildman–Crippen MR) is 185 cm³/mol. The van der Waals surface area contributed by atoms with Crippen LogP contribution in [0.1, 0.15) is 78.4 Å². The standard InChI is InChI=1S/C38H55N3O8/c1-9-12-18-29(43)39-26(23-47-8)32(25-16-14-13-15-17-25)48-36(46)30-28-19-20-38(49-28)31(30)34(44)41(27(22-42)24(4)11-3)33(38)35(45)40(21-10-2)37(5,6)7/h9-10,13-17,24,26-28,30-33,42H,1-2,11-12,18-23H2,3-8H3,(H,39,43)/t24-,26+,27-,28-,30+,31+,32+,33-,38+/m0/s1. The topological polar surface area (TPSA) is 135 Å². The highest BCUT2D eigenvalue weighted by Gasteiger charge is 2.76. The van der Waals surface area contributed by atoms with Crippen LogP contribution in [0.25, 0.3) is 0 Å². The van der Waals surface area contributed by atoms with Crippen LogP contribution in [0.4, 0.5) is 0 Å². The minimum absolute atomic E-state index is 0.0624. The lowest BCUT2D eigenvalue weighted by atomic mass is 9.70. The fourth-order valence-electron chi connectivity index (χ4n) is 7.91. The number of methoxy groups -OCH3 is 1. The Morgan fingerprint density at radius 1 is 1.20 bits per heavy atom. The van der Waals surface area contributed by atoms with Gasteiger partial charge in [-0.3, -0.25) is 19.2 Å². The fourth-order valence-corrected chi connectivity index (χ4v) is 7.91. The Bertz CT molecular complexity index is 1360. The summed E-state index contributed by atoms with van der Waals surface area (Å²) in [6.07, 6.45) is 3.96. The van der Waals surface area contributed by atoms with Gasteiger partial charge in [0.05, 0.1) is 43.2 Å². The van der Waals surface area contributed by atoms with Crippen molar-refractivity contribution in [3.8, 4) is 0 Å². The first kappa shape index (κ1) is 38.3. The zero-order chi connectivity index (χ0) is 36.1. The monoisotopic (exact) mass is 681 g/mol. The van der Waals surface area contributed by atoms with Crippen LogP contribution in [0.5, 0.6) is 0 Å². The van der Waals surface area contributed by atoms with E-state index in [1.165, 1.54) is 12.0 Å². The van der Waals surface area contributed by atoms with Crippen LogP contribution in [0.3, 0.4) is 0 Å². The Morgan fingerprint density at radius 2 is 1.90 bits per heavy atom. The van der Waals surface area contributed by atoms with E-state index in [-0.39, 0.29) is 43.9 Å². The molecule has 11 heteroatoms. The summed E-state index contributed by atoms with van der Waals surface area (Å²) in [5.74, 6) is -3.70. The first-order chi connectivity index (χ1) is 23.3. The van der Waals surface area contributed by atoms with Gasteiger partial charge in [0, 0.05) is 25.6 Å². The number of fused-ring (bicyclic) bond motifs is 1. The molecule has 9 atom stereocenters. The number of rotatable bonds is 17. The molecule has 0 aromatic heterocycles.